The Morgan fingerprint density at radius 2 is 1.20 bits per heavy atom. The summed E-state index contributed by atoms with van der Waals surface area (Å²) in [4.78, 5) is 0. The van der Waals surface area contributed by atoms with Crippen molar-refractivity contribution in [3.63, 3.8) is 0 Å². The van der Waals surface area contributed by atoms with E-state index >= 15 is 0 Å². The van der Waals surface area contributed by atoms with Crippen molar-refractivity contribution in [2.45, 2.75) is 223 Å². The molecule has 4 aliphatic carbocycles. The van der Waals surface area contributed by atoms with Gasteiger partial charge in [-0.05, 0) is 112 Å². The number of hydrogen-bond acceptors (Lipinski definition) is 18. The Bertz CT molecular complexity index is 1670. The first kappa shape index (κ1) is 52.8. The summed E-state index contributed by atoms with van der Waals surface area (Å²) in [5, 5.41) is 126. The van der Waals surface area contributed by atoms with Crippen LogP contribution in [0.25, 0.3) is 0 Å². The smallest absolute Gasteiger partial charge is 0.187 e. The van der Waals surface area contributed by atoms with E-state index in [-0.39, 0.29) is 28.3 Å². The highest BCUT2D eigenvalue weighted by atomic mass is 16.7. The van der Waals surface area contributed by atoms with Crippen molar-refractivity contribution in [1.82, 2.24) is 0 Å². The first-order valence-electron chi connectivity index (χ1n) is 24.4. The van der Waals surface area contributed by atoms with E-state index < -0.39 is 129 Å². The number of allylic oxidation sites excluding steroid dienone is 1. The third-order valence-corrected chi connectivity index (χ3v) is 18.6. The van der Waals surface area contributed by atoms with Crippen LogP contribution >= 0.6 is 0 Å². The molecular formula is C48H82O18. The van der Waals surface area contributed by atoms with Crippen LogP contribution < -0.4 is 0 Å². The monoisotopic (exact) mass is 947 g/mol. The fourth-order valence-electron chi connectivity index (χ4n) is 14.1. The molecular weight excluding hydrogens is 865 g/mol. The van der Waals surface area contributed by atoms with Gasteiger partial charge < -0.3 is 89.7 Å². The Balaban J connectivity index is 0.997. The zero-order valence-corrected chi connectivity index (χ0v) is 40.0. The molecule has 24 atom stereocenters. The van der Waals surface area contributed by atoms with Crippen molar-refractivity contribution in [2.24, 2.45) is 45.3 Å². The molecule has 66 heavy (non-hydrogen) atoms. The molecule has 0 bridgehead atoms. The second-order valence-corrected chi connectivity index (χ2v) is 23.0. The van der Waals surface area contributed by atoms with Gasteiger partial charge in [0.25, 0.3) is 0 Å². The Morgan fingerprint density at radius 3 is 1.79 bits per heavy atom. The molecule has 7 rings (SSSR count). The average molecular weight is 947 g/mol. The van der Waals surface area contributed by atoms with Crippen LogP contribution in [0.3, 0.4) is 0 Å². The Morgan fingerprint density at radius 1 is 0.652 bits per heavy atom. The van der Waals surface area contributed by atoms with E-state index in [1.54, 1.807) is 13.8 Å². The van der Waals surface area contributed by atoms with Gasteiger partial charge >= 0.3 is 0 Å². The maximum absolute atomic E-state index is 11.4. The average Bonchev–Trinajstić information content (AvgIpc) is 3.55. The van der Waals surface area contributed by atoms with E-state index in [1.165, 1.54) is 5.57 Å². The summed E-state index contributed by atoms with van der Waals surface area (Å²) < 4.78 is 35.4. The SMILES string of the molecule is C[C@H](CC[C@@H](O[C@@H]1O[C@H](CO[C@@H]2O[C@H](CO)[C@@H](O)[C@H](O)[C@H]2O)[C@@H](O)[C@H](O)[C@H]1O)C(C)(C)O)[C@H]1CC[C@@]2(C)[C@@H]3CC=C4[C@@H](CC[C@H](O[C@@H]5O[C@H](CO)[C@@H](O)[C@H](O)[C@H]5O)C4(C)C)[C@]3(C)CC[C@]12C. The molecule has 7 aliphatic rings. The number of hydrogen-bond donors (Lipinski definition) is 12. The van der Waals surface area contributed by atoms with Crippen molar-refractivity contribution < 1.29 is 89.7 Å². The molecule has 6 fully saturated rings. The van der Waals surface area contributed by atoms with Crippen LogP contribution in [0.2, 0.25) is 0 Å². The van der Waals surface area contributed by atoms with Gasteiger partial charge in [0.1, 0.15) is 73.2 Å². The Hall–Kier alpha value is -0.980. The molecule has 12 N–H and O–H groups in total. The largest absolute Gasteiger partial charge is 0.394 e. The van der Waals surface area contributed by atoms with Gasteiger partial charge in [0.15, 0.2) is 18.9 Å². The number of fused-ring (bicyclic) bond motifs is 5. The van der Waals surface area contributed by atoms with Gasteiger partial charge in [-0.2, -0.15) is 0 Å². The summed E-state index contributed by atoms with van der Waals surface area (Å²) in [7, 11) is 0. The highest BCUT2D eigenvalue weighted by molar-refractivity contribution is 5.30. The zero-order chi connectivity index (χ0) is 48.6. The molecule has 3 aliphatic heterocycles. The van der Waals surface area contributed by atoms with Crippen molar-refractivity contribution in [2.75, 3.05) is 19.8 Å². The minimum absolute atomic E-state index is 0.0308. The molecule has 18 nitrogen and oxygen atoms in total. The van der Waals surface area contributed by atoms with Crippen LogP contribution in [0.4, 0.5) is 0 Å². The van der Waals surface area contributed by atoms with E-state index in [9.17, 15) is 61.3 Å². The van der Waals surface area contributed by atoms with Gasteiger partial charge in [-0.15, -0.1) is 0 Å². The minimum atomic E-state index is -1.72. The predicted molar refractivity (Wildman–Crippen MR) is 234 cm³/mol. The van der Waals surface area contributed by atoms with Crippen LogP contribution in [0.5, 0.6) is 0 Å². The lowest BCUT2D eigenvalue weighted by Gasteiger charge is -2.66. The maximum Gasteiger partial charge on any atom is 0.187 e. The fraction of sp³-hybridized carbons (Fsp3) is 0.958. The minimum Gasteiger partial charge on any atom is -0.394 e. The van der Waals surface area contributed by atoms with Gasteiger partial charge in [0.2, 0.25) is 0 Å². The molecule has 382 valence electrons. The van der Waals surface area contributed by atoms with Crippen LogP contribution in [-0.4, -0.2) is 191 Å². The first-order chi connectivity index (χ1) is 30.8. The topological polar surface area (TPSA) is 298 Å². The van der Waals surface area contributed by atoms with Crippen LogP contribution in [0.15, 0.2) is 11.6 Å². The van der Waals surface area contributed by atoms with Crippen LogP contribution in [0.1, 0.15) is 113 Å². The lowest BCUT2D eigenvalue weighted by molar-refractivity contribution is -0.341. The highest BCUT2D eigenvalue weighted by Crippen LogP contribution is 2.75. The molecule has 0 aromatic carbocycles. The lowest BCUT2D eigenvalue weighted by Crippen LogP contribution is -2.62. The molecule has 3 saturated carbocycles. The maximum atomic E-state index is 11.4. The van der Waals surface area contributed by atoms with Crippen molar-refractivity contribution in [3.05, 3.63) is 11.6 Å². The second-order valence-electron chi connectivity index (χ2n) is 23.0. The third kappa shape index (κ3) is 9.12. The van der Waals surface area contributed by atoms with Gasteiger partial charge in [-0.25, -0.2) is 0 Å². The summed E-state index contributed by atoms with van der Waals surface area (Å²) in [6, 6.07) is 0. The van der Waals surface area contributed by atoms with Gasteiger partial charge in [0.05, 0.1) is 37.6 Å². The Labute approximate surface area is 388 Å². The molecule has 0 radical (unpaired) electrons. The lowest BCUT2D eigenvalue weighted by atomic mass is 9.39. The highest BCUT2D eigenvalue weighted by Gasteiger charge is 2.67. The van der Waals surface area contributed by atoms with E-state index in [2.05, 4.69) is 47.6 Å². The molecule has 0 unspecified atom stereocenters. The quantitative estimate of drug-likeness (QED) is 0.102. The molecule has 0 spiro atoms. The number of rotatable bonds is 14. The third-order valence-electron chi connectivity index (χ3n) is 18.6. The summed E-state index contributed by atoms with van der Waals surface area (Å²) in [6.45, 7) is 15.7. The predicted octanol–water partition coefficient (Wildman–Crippen LogP) is -0.0268. The number of ether oxygens (including phenoxy) is 6. The van der Waals surface area contributed by atoms with Crippen molar-refractivity contribution >= 4 is 0 Å². The first-order valence-corrected chi connectivity index (χ1v) is 24.4. The second kappa shape index (κ2) is 19.6. The number of aliphatic hydroxyl groups is 12. The fourth-order valence-corrected chi connectivity index (χ4v) is 14.1. The summed E-state index contributed by atoms with van der Waals surface area (Å²) in [5.41, 5.74) is -0.322. The van der Waals surface area contributed by atoms with Gasteiger partial charge in [-0.3, -0.25) is 0 Å². The molecule has 3 saturated heterocycles. The molecule has 3 heterocycles. The zero-order valence-electron chi connectivity index (χ0n) is 40.0. The molecule has 0 aromatic heterocycles. The number of aliphatic hydroxyl groups excluding tert-OH is 11. The standard InChI is InChI=1S/C48H82O18/c1-22(9-13-31(45(4,5)60)66-43-40(59)37(56)34(53)28(64-43)21-61-41-38(57)35(54)32(51)26(19-49)62-41)23-15-16-48(8)29-12-10-24-25(46(29,6)17-18-47(23,48)7)11-14-30(44(24,2)3)65-42-39(58)36(55)33(52)27(20-50)63-42/h10,22-23,25-43,49-60H,9,11-21H2,1-8H3/t22-,23-,25-,26-,27-,28-,29-,30+,31-,32-,33-,34-,35+,36+,37+,38-,39-,40-,41-,42+,43+,46+,47-,48+/m1/s1. The van der Waals surface area contributed by atoms with Crippen molar-refractivity contribution in [1.29, 1.82) is 0 Å². The van der Waals surface area contributed by atoms with E-state index in [1.807, 2.05) is 0 Å². The van der Waals surface area contributed by atoms with E-state index in [0.717, 1.165) is 44.9 Å². The summed E-state index contributed by atoms with van der Waals surface area (Å²) >= 11 is 0. The van der Waals surface area contributed by atoms with E-state index in [0.29, 0.717) is 30.6 Å². The molecule has 0 amide bonds. The normalized spacial score (nSPS) is 50.4. The summed E-state index contributed by atoms with van der Waals surface area (Å²) in [6.07, 6.45) is -13.0. The van der Waals surface area contributed by atoms with Gasteiger partial charge in [-0.1, -0.05) is 53.2 Å². The Kier molecular flexibility index (Phi) is 15.7. The van der Waals surface area contributed by atoms with E-state index in [4.69, 9.17) is 28.4 Å². The van der Waals surface area contributed by atoms with Crippen molar-refractivity contribution in [3.8, 4) is 0 Å². The molecule has 0 aromatic rings. The molecule has 18 heteroatoms. The van der Waals surface area contributed by atoms with Crippen LogP contribution in [-0.2, 0) is 28.4 Å². The summed E-state index contributed by atoms with van der Waals surface area (Å²) in [5.74, 6) is 1.39. The van der Waals surface area contributed by atoms with Gasteiger partial charge in [0, 0.05) is 5.41 Å². The van der Waals surface area contributed by atoms with Crippen LogP contribution in [0, 0.1) is 45.3 Å².